The first-order valence-corrected chi connectivity index (χ1v) is 14.9. The Morgan fingerprint density at radius 2 is 2.03 bits per heavy atom. The fourth-order valence-corrected chi connectivity index (χ4v) is 8.38. The van der Waals surface area contributed by atoms with Gasteiger partial charge in [-0.15, -0.1) is 11.3 Å². The molecule has 2 aliphatic heterocycles. The van der Waals surface area contributed by atoms with E-state index < -0.39 is 15.9 Å². The number of hydrogen-bond acceptors (Lipinski definition) is 6. The van der Waals surface area contributed by atoms with Crippen LogP contribution in [0.3, 0.4) is 0 Å². The monoisotopic (exact) mass is 517 g/mol. The van der Waals surface area contributed by atoms with E-state index in [-0.39, 0.29) is 16.5 Å². The van der Waals surface area contributed by atoms with Gasteiger partial charge in [0.15, 0.2) is 0 Å². The van der Waals surface area contributed by atoms with Crippen molar-refractivity contribution in [3.63, 3.8) is 0 Å². The summed E-state index contributed by atoms with van der Waals surface area (Å²) in [5.74, 6) is -0.0785. The molecule has 1 aliphatic carbocycles. The third kappa shape index (κ3) is 4.93. The number of likely N-dealkylation sites (tertiary alicyclic amines) is 1. The van der Waals surface area contributed by atoms with Crippen LogP contribution in [0.5, 0.6) is 0 Å². The van der Waals surface area contributed by atoms with Crippen LogP contribution in [0.25, 0.3) is 0 Å². The molecular weight excluding hydrogens is 482 g/mol. The minimum absolute atomic E-state index is 0.0465. The van der Waals surface area contributed by atoms with Crippen LogP contribution >= 0.6 is 11.3 Å². The zero-order valence-electron chi connectivity index (χ0n) is 20.5. The SMILES string of the molecule is CCc1cc2c(s1)CCO[C@@]21CCN(C[C@H]2C[C@@H](NS(=O)(=O)c3ccc(C(N)=O)cc3)C2)[C@@H](C)C1. The van der Waals surface area contributed by atoms with E-state index >= 15 is 0 Å². The van der Waals surface area contributed by atoms with Crippen LogP contribution in [0.2, 0.25) is 0 Å². The summed E-state index contributed by atoms with van der Waals surface area (Å²) in [6.07, 6.45) is 5.85. The van der Waals surface area contributed by atoms with Crippen LogP contribution in [0, 0.1) is 5.92 Å². The standard InChI is InChI=1S/C26H35N3O4S2/c1-3-21-14-23-24(34-21)8-11-33-26(23)9-10-29(17(2)15-26)16-18-12-20(13-18)28-35(31,32)22-6-4-19(5-7-22)25(27)30/h4-7,14,17-18,20,28H,3,8-13,15-16H2,1-2H3,(H2,27,30)/t17-,18-,20+,26+/m0/s1. The molecule has 1 saturated heterocycles. The first-order chi connectivity index (χ1) is 16.7. The van der Waals surface area contributed by atoms with E-state index in [0.29, 0.717) is 17.5 Å². The summed E-state index contributed by atoms with van der Waals surface area (Å²) in [7, 11) is -3.61. The number of rotatable bonds is 7. The van der Waals surface area contributed by atoms with Crippen molar-refractivity contribution in [2.24, 2.45) is 11.7 Å². The summed E-state index contributed by atoms with van der Waals surface area (Å²) < 4.78 is 34.7. The lowest BCUT2D eigenvalue weighted by Crippen LogP contribution is -2.54. The van der Waals surface area contributed by atoms with Gasteiger partial charge in [-0.25, -0.2) is 13.1 Å². The second-order valence-electron chi connectivity index (χ2n) is 10.3. The molecule has 1 aromatic carbocycles. The highest BCUT2D eigenvalue weighted by molar-refractivity contribution is 7.89. The fourth-order valence-electron chi connectivity index (χ4n) is 5.94. The van der Waals surface area contributed by atoms with Gasteiger partial charge < -0.3 is 15.4 Å². The third-order valence-corrected chi connectivity index (χ3v) is 10.8. The Balaban J connectivity index is 1.14. The highest BCUT2D eigenvalue weighted by Gasteiger charge is 2.45. The second-order valence-corrected chi connectivity index (χ2v) is 13.3. The zero-order valence-corrected chi connectivity index (χ0v) is 22.1. The zero-order chi connectivity index (χ0) is 24.8. The Bertz CT molecular complexity index is 1190. The number of hydrogen-bond donors (Lipinski definition) is 2. The summed E-state index contributed by atoms with van der Waals surface area (Å²) >= 11 is 1.96. The number of sulfonamides is 1. The number of carbonyl (C=O) groups is 1. The number of primary amides is 1. The number of amides is 1. The average molecular weight is 518 g/mol. The second kappa shape index (κ2) is 9.59. The van der Waals surface area contributed by atoms with E-state index in [9.17, 15) is 13.2 Å². The van der Waals surface area contributed by atoms with E-state index in [2.05, 4.69) is 29.5 Å². The Morgan fingerprint density at radius 3 is 2.69 bits per heavy atom. The third-order valence-electron chi connectivity index (χ3n) is 7.96. The molecule has 2 atom stereocenters. The van der Waals surface area contributed by atoms with Gasteiger partial charge in [0.05, 0.1) is 17.1 Å². The van der Waals surface area contributed by atoms with E-state index in [1.165, 1.54) is 39.6 Å². The number of carbonyl (C=O) groups excluding carboxylic acids is 1. The average Bonchev–Trinajstić information content (AvgIpc) is 3.24. The van der Waals surface area contributed by atoms with Crippen LogP contribution in [-0.4, -0.2) is 51.0 Å². The molecule has 2 aromatic rings. The number of nitrogens with one attached hydrogen (secondary N) is 1. The molecule has 1 spiro atoms. The molecule has 1 amide bonds. The van der Waals surface area contributed by atoms with Crippen molar-refractivity contribution < 1.29 is 17.9 Å². The summed E-state index contributed by atoms with van der Waals surface area (Å²) in [4.78, 5) is 16.9. The predicted octanol–water partition coefficient (Wildman–Crippen LogP) is 3.42. The van der Waals surface area contributed by atoms with Crippen molar-refractivity contribution >= 4 is 27.3 Å². The molecule has 0 bridgehead atoms. The highest BCUT2D eigenvalue weighted by atomic mass is 32.2. The van der Waals surface area contributed by atoms with Crippen LogP contribution in [0.15, 0.2) is 35.2 Å². The Labute approximate surface area is 212 Å². The minimum Gasteiger partial charge on any atom is -0.370 e. The lowest BCUT2D eigenvalue weighted by Gasteiger charge is -2.49. The van der Waals surface area contributed by atoms with E-state index in [1.807, 2.05) is 11.3 Å². The maximum absolute atomic E-state index is 12.7. The predicted molar refractivity (Wildman–Crippen MR) is 137 cm³/mol. The molecule has 3 aliphatic rings. The number of thiophene rings is 1. The van der Waals surface area contributed by atoms with Gasteiger partial charge in [0.25, 0.3) is 0 Å². The fraction of sp³-hybridized carbons (Fsp3) is 0.577. The molecule has 3 heterocycles. The number of benzene rings is 1. The molecule has 0 radical (unpaired) electrons. The van der Waals surface area contributed by atoms with Gasteiger partial charge in [0, 0.05) is 46.9 Å². The summed E-state index contributed by atoms with van der Waals surface area (Å²) in [6, 6.07) is 8.53. The van der Waals surface area contributed by atoms with E-state index in [4.69, 9.17) is 10.5 Å². The number of fused-ring (bicyclic) bond motifs is 2. The quantitative estimate of drug-likeness (QED) is 0.586. The van der Waals surface area contributed by atoms with E-state index in [1.54, 1.807) is 0 Å². The smallest absolute Gasteiger partial charge is 0.248 e. The molecule has 35 heavy (non-hydrogen) atoms. The first-order valence-electron chi connectivity index (χ1n) is 12.6. The van der Waals surface area contributed by atoms with Gasteiger partial charge in [0.2, 0.25) is 15.9 Å². The molecule has 2 fully saturated rings. The van der Waals surface area contributed by atoms with Crippen LogP contribution in [-0.2, 0) is 33.2 Å². The summed E-state index contributed by atoms with van der Waals surface area (Å²) in [5, 5.41) is 0. The molecular formula is C26H35N3O4S2. The van der Waals surface area contributed by atoms with Crippen molar-refractivity contribution in [3.8, 4) is 0 Å². The Kier molecular flexibility index (Phi) is 6.82. The normalized spacial score (nSPS) is 29.0. The van der Waals surface area contributed by atoms with Crippen LogP contribution in [0.1, 0.15) is 65.2 Å². The number of piperidine rings is 1. The lowest BCUT2D eigenvalue weighted by atomic mass is 9.77. The number of aryl methyl sites for hydroxylation is 1. The molecule has 5 rings (SSSR count). The summed E-state index contributed by atoms with van der Waals surface area (Å²) in [6.45, 7) is 7.36. The van der Waals surface area contributed by atoms with Gasteiger partial charge in [0.1, 0.15) is 0 Å². The van der Waals surface area contributed by atoms with E-state index in [0.717, 1.165) is 58.2 Å². The van der Waals surface area contributed by atoms with Crippen molar-refractivity contribution in [1.29, 1.82) is 0 Å². The molecule has 190 valence electrons. The number of nitrogens with two attached hydrogens (primary N) is 1. The van der Waals surface area contributed by atoms with Gasteiger partial charge in [-0.3, -0.25) is 4.79 Å². The van der Waals surface area contributed by atoms with Gasteiger partial charge in [-0.05, 0) is 80.8 Å². The first kappa shape index (κ1) is 24.9. The summed E-state index contributed by atoms with van der Waals surface area (Å²) in [5.41, 5.74) is 6.85. The molecule has 7 nitrogen and oxygen atoms in total. The number of nitrogens with zero attached hydrogens (tertiary/aromatic N) is 1. The molecule has 1 saturated carbocycles. The highest BCUT2D eigenvalue weighted by Crippen LogP contribution is 2.46. The van der Waals surface area contributed by atoms with Gasteiger partial charge >= 0.3 is 0 Å². The maximum Gasteiger partial charge on any atom is 0.248 e. The van der Waals surface area contributed by atoms with Crippen LogP contribution < -0.4 is 10.5 Å². The lowest BCUT2D eigenvalue weighted by molar-refractivity contribution is -0.114. The topological polar surface area (TPSA) is 102 Å². The Morgan fingerprint density at radius 1 is 1.29 bits per heavy atom. The molecule has 1 aromatic heterocycles. The maximum atomic E-state index is 12.7. The molecule has 9 heteroatoms. The molecule has 0 unspecified atom stereocenters. The number of ether oxygens (including phenoxy) is 1. The Hall–Kier alpha value is -1.78. The minimum atomic E-state index is -3.61. The van der Waals surface area contributed by atoms with Crippen molar-refractivity contribution in [2.75, 3.05) is 19.7 Å². The van der Waals surface area contributed by atoms with Crippen molar-refractivity contribution in [1.82, 2.24) is 9.62 Å². The van der Waals surface area contributed by atoms with Gasteiger partial charge in [-0.2, -0.15) is 0 Å². The molecule has 3 N–H and O–H groups in total. The van der Waals surface area contributed by atoms with Gasteiger partial charge in [-0.1, -0.05) is 6.92 Å². The largest absolute Gasteiger partial charge is 0.370 e. The van der Waals surface area contributed by atoms with Crippen LogP contribution in [0.4, 0.5) is 0 Å². The van der Waals surface area contributed by atoms with Crippen molar-refractivity contribution in [2.45, 2.75) is 75.0 Å². The van der Waals surface area contributed by atoms with Crippen molar-refractivity contribution in [3.05, 3.63) is 51.2 Å².